The van der Waals surface area contributed by atoms with Crippen molar-refractivity contribution in [3.05, 3.63) is 29.8 Å². The SMILES string of the molecule is CC1CCC(NC(=O)C2CC(=O)Nc3ccccc32)CC1. The zero-order valence-corrected chi connectivity index (χ0v) is 12.4. The second-order valence-corrected chi connectivity index (χ2v) is 6.36. The van der Waals surface area contributed by atoms with Crippen LogP contribution in [0, 0.1) is 5.92 Å². The van der Waals surface area contributed by atoms with Crippen LogP contribution < -0.4 is 10.6 Å². The molecule has 4 nitrogen and oxygen atoms in total. The molecule has 2 amide bonds. The summed E-state index contributed by atoms with van der Waals surface area (Å²) in [6.45, 7) is 2.26. The van der Waals surface area contributed by atoms with Gasteiger partial charge in [0, 0.05) is 18.2 Å². The van der Waals surface area contributed by atoms with Gasteiger partial charge in [0.1, 0.15) is 0 Å². The summed E-state index contributed by atoms with van der Waals surface area (Å²) < 4.78 is 0. The molecule has 2 aliphatic rings. The molecule has 0 saturated heterocycles. The fourth-order valence-corrected chi connectivity index (χ4v) is 3.35. The molecule has 1 atom stereocenters. The smallest absolute Gasteiger partial charge is 0.228 e. The van der Waals surface area contributed by atoms with E-state index in [4.69, 9.17) is 0 Å². The third kappa shape index (κ3) is 3.09. The highest BCUT2D eigenvalue weighted by molar-refractivity contribution is 6.01. The van der Waals surface area contributed by atoms with E-state index in [-0.39, 0.29) is 30.2 Å². The second-order valence-electron chi connectivity index (χ2n) is 6.36. The number of rotatable bonds is 2. The molecule has 112 valence electrons. The van der Waals surface area contributed by atoms with E-state index in [0.717, 1.165) is 30.0 Å². The number of benzene rings is 1. The lowest BCUT2D eigenvalue weighted by molar-refractivity contribution is -0.127. The molecule has 0 spiro atoms. The number of para-hydroxylation sites is 1. The van der Waals surface area contributed by atoms with Gasteiger partial charge in [0.2, 0.25) is 11.8 Å². The minimum absolute atomic E-state index is 0.00291. The van der Waals surface area contributed by atoms with Gasteiger partial charge in [-0.2, -0.15) is 0 Å². The Morgan fingerprint density at radius 1 is 1.19 bits per heavy atom. The number of anilines is 1. The highest BCUT2D eigenvalue weighted by Gasteiger charge is 2.31. The van der Waals surface area contributed by atoms with Gasteiger partial charge in [-0.15, -0.1) is 0 Å². The number of hydrogen-bond donors (Lipinski definition) is 2. The summed E-state index contributed by atoms with van der Waals surface area (Å²) in [6, 6.07) is 7.85. The molecule has 0 aromatic heterocycles. The van der Waals surface area contributed by atoms with Crippen LogP contribution in [0.15, 0.2) is 24.3 Å². The third-order valence-corrected chi connectivity index (χ3v) is 4.68. The van der Waals surface area contributed by atoms with Crippen molar-refractivity contribution in [1.29, 1.82) is 0 Å². The molecule has 1 heterocycles. The Balaban J connectivity index is 1.71. The number of hydrogen-bond acceptors (Lipinski definition) is 2. The molecule has 1 saturated carbocycles. The Hall–Kier alpha value is -1.84. The van der Waals surface area contributed by atoms with Crippen LogP contribution in [0.3, 0.4) is 0 Å². The Morgan fingerprint density at radius 2 is 1.90 bits per heavy atom. The van der Waals surface area contributed by atoms with Crippen molar-refractivity contribution in [3.63, 3.8) is 0 Å². The van der Waals surface area contributed by atoms with Crippen molar-refractivity contribution in [2.24, 2.45) is 5.92 Å². The minimum atomic E-state index is -0.353. The highest BCUT2D eigenvalue weighted by Crippen LogP contribution is 2.32. The van der Waals surface area contributed by atoms with Crippen LogP contribution in [0.5, 0.6) is 0 Å². The molecule has 3 rings (SSSR count). The Morgan fingerprint density at radius 3 is 2.67 bits per heavy atom. The van der Waals surface area contributed by atoms with Crippen LogP contribution in [-0.2, 0) is 9.59 Å². The first-order valence-electron chi connectivity index (χ1n) is 7.82. The summed E-state index contributed by atoms with van der Waals surface area (Å²) in [7, 11) is 0. The van der Waals surface area contributed by atoms with Gasteiger partial charge in [-0.25, -0.2) is 0 Å². The van der Waals surface area contributed by atoms with Crippen molar-refractivity contribution in [2.45, 2.75) is 51.0 Å². The Bertz CT molecular complexity index is 547. The molecule has 21 heavy (non-hydrogen) atoms. The van der Waals surface area contributed by atoms with E-state index >= 15 is 0 Å². The van der Waals surface area contributed by atoms with Crippen molar-refractivity contribution in [1.82, 2.24) is 5.32 Å². The molecule has 2 N–H and O–H groups in total. The predicted molar refractivity (Wildman–Crippen MR) is 82.0 cm³/mol. The van der Waals surface area contributed by atoms with Crippen LogP contribution in [0.25, 0.3) is 0 Å². The maximum absolute atomic E-state index is 12.6. The van der Waals surface area contributed by atoms with Gasteiger partial charge in [0.05, 0.1) is 5.92 Å². The molecule has 1 fully saturated rings. The van der Waals surface area contributed by atoms with Crippen molar-refractivity contribution < 1.29 is 9.59 Å². The number of carbonyl (C=O) groups excluding carboxylic acids is 2. The molecule has 4 heteroatoms. The summed E-state index contributed by atoms with van der Waals surface area (Å²) in [5.74, 6) is 0.330. The average Bonchev–Trinajstić information content (AvgIpc) is 2.48. The molecule has 1 aromatic carbocycles. The largest absolute Gasteiger partial charge is 0.353 e. The zero-order chi connectivity index (χ0) is 14.8. The van der Waals surface area contributed by atoms with Gasteiger partial charge in [-0.05, 0) is 43.2 Å². The Kier molecular flexibility index (Phi) is 3.95. The third-order valence-electron chi connectivity index (χ3n) is 4.68. The molecule has 1 aliphatic heterocycles. The van der Waals surface area contributed by atoms with Gasteiger partial charge >= 0.3 is 0 Å². The predicted octanol–water partition coefficient (Wildman–Crippen LogP) is 2.81. The standard InChI is InChI=1S/C17H22N2O2/c1-11-6-8-12(9-7-11)18-17(21)14-10-16(20)19-15-5-3-2-4-13(14)15/h2-5,11-12,14H,6-10H2,1H3,(H,18,21)(H,19,20). The van der Waals surface area contributed by atoms with Crippen molar-refractivity contribution in [2.75, 3.05) is 5.32 Å². The summed E-state index contributed by atoms with van der Waals surface area (Å²) in [5.41, 5.74) is 1.70. The van der Waals surface area contributed by atoms with E-state index in [1.807, 2.05) is 24.3 Å². The van der Waals surface area contributed by atoms with Gasteiger partial charge in [-0.1, -0.05) is 25.1 Å². The maximum Gasteiger partial charge on any atom is 0.228 e. The Labute approximate surface area is 125 Å². The molecular weight excluding hydrogens is 264 g/mol. The van der Waals surface area contributed by atoms with E-state index in [2.05, 4.69) is 17.6 Å². The van der Waals surface area contributed by atoms with Gasteiger partial charge in [0.25, 0.3) is 0 Å². The second kappa shape index (κ2) is 5.88. The minimum Gasteiger partial charge on any atom is -0.353 e. The van der Waals surface area contributed by atoms with Crippen molar-refractivity contribution >= 4 is 17.5 Å². The quantitative estimate of drug-likeness (QED) is 0.878. The maximum atomic E-state index is 12.6. The van der Waals surface area contributed by atoms with E-state index in [9.17, 15) is 9.59 Å². The summed E-state index contributed by atoms with van der Waals surface area (Å²) in [4.78, 5) is 24.3. The fourth-order valence-electron chi connectivity index (χ4n) is 3.35. The van der Waals surface area contributed by atoms with E-state index in [1.165, 1.54) is 12.8 Å². The van der Waals surface area contributed by atoms with E-state index < -0.39 is 0 Å². The number of nitrogens with one attached hydrogen (secondary N) is 2. The van der Waals surface area contributed by atoms with E-state index in [1.54, 1.807) is 0 Å². The normalized spacial score (nSPS) is 28.4. The topological polar surface area (TPSA) is 58.2 Å². The first-order valence-corrected chi connectivity index (χ1v) is 7.82. The molecular formula is C17H22N2O2. The summed E-state index contributed by atoms with van der Waals surface area (Å²) in [6.07, 6.45) is 4.69. The van der Waals surface area contributed by atoms with Crippen LogP contribution >= 0.6 is 0 Å². The lowest BCUT2D eigenvalue weighted by Gasteiger charge is -2.30. The van der Waals surface area contributed by atoms with Crippen LogP contribution in [0.2, 0.25) is 0 Å². The molecule has 0 bridgehead atoms. The summed E-state index contributed by atoms with van der Waals surface area (Å²) in [5, 5.41) is 5.99. The molecule has 0 radical (unpaired) electrons. The van der Waals surface area contributed by atoms with Gasteiger partial charge in [-0.3, -0.25) is 9.59 Å². The van der Waals surface area contributed by atoms with E-state index in [0.29, 0.717) is 0 Å². The van der Waals surface area contributed by atoms with Crippen LogP contribution in [0.1, 0.15) is 50.5 Å². The van der Waals surface area contributed by atoms with Gasteiger partial charge in [0.15, 0.2) is 0 Å². The lowest BCUT2D eigenvalue weighted by Crippen LogP contribution is -2.42. The molecule has 1 aliphatic carbocycles. The molecule has 1 unspecified atom stereocenters. The molecule has 1 aromatic rings. The number of carbonyl (C=O) groups is 2. The zero-order valence-electron chi connectivity index (χ0n) is 12.4. The number of fused-ring (bicyclic) bond motifs is 1. The lowest BCUT2D eigenvalue weighted by atomic mass is 9.86. The first kappa shape index (κ1) is 14.1. The summed E-state index contributed by atoms with van der Waals surface area (Å²) >= 11 is 0. The monoisotopic (exact) mass is 286 g/mol. The highest BCUT2D eigenvalue weighted by atomic mass is 16.2. The number of amides is 2. The fraction of sp³-hybridized carbons (Fsp3) is 0.529. The van der Waals surface area contributed by atoms with Crippen molar-refractivity contribution in [3.8, 4) is 0 Å². The van der Waals surface area contributed by atoms with Gasteiger partial charge < -0.3 is 10.6 Å². The van der Waals surface area contributed by atoms with Crippen LogP contribution in [0.4, 0.5) is 5.69 Å². The average molecular weight is 286 g/mol. The first-order chi connectivity index (χ1) is 10.1. The van der Waals surface area contributed by atoms with Crippen LogP contribution in [-0.4, -0.2) is 17.9 Å².